The number of ether oxygens (including phenoxy) is 1. The molecule has 152 valence electrons. The van der Waals surface area contributed by atoms with E-state index in [2.05, 4.69) is 14.8 Å². The van der Waals surface area contributed by atoms with Crippen LogP contribution in [-0.4, -0.2) is 33.7 Å². The van der Waals surface area contributed by atoms with Gasteiger partial charge in [-0.25, -0.2) is 13.1 Å². The van der Waals surface area contributed by atoms with Crippen molar-refractivity contribution in [2.45, 2.75) is 24.0 Å². The van der Waals surface area contributed by atoms with Crippen LogP contribution in [0.4, 0.5) is 13.2 Å². The average Bonchev–Trinajstić information content (AvgIpc) is 2.65. The summed E-state index contributed by atoms with van der Waals surface area (Å²) in [5.41, 5.74) is 0.664. The Morgan fingerprint density at radius 3 is 2.25 bits per heavy atom. The fourth-order valence-corrected chi connectivity index (χ4v) is 3.19. The molecule has 0 aromatic heterocycles. The molecule has 2 rings (SSSR count). The first-order valence-corrected chi connectivity index (χ1v) is 9.74. The summed E-state index contributed by atoms with van der Waals surface area (Å²) in [5, 5.41) is 2.61. The molecule has 6 nitrogen and oxygen atoms in total. The zero-order valence-electron chi connectivity index (χ0n) is 14.7. The van der Waals surface area contributed by atoms with Gasteiger partial charge in [0.1, 0.15) is 5.75 Å². The molecule has 1 amide bonds. The Morgan fingerprint density at radius 2 is 1.64 bits per heavy atom. The molecule has 2 aromatic rings. The van der Waals surface area contributed by atoms with Gasteiger partial charge in [0.25, 0.3) is 0 Å². The highest BCUT2D eigenvalue weighted by Gasteiger charge is 2.28. The number of hydrogen-bond acceptors (Lipinski definition) is 4. The molecular formula is C18H19F3N2O4S. The highest BCUT2D eigenvalue weighted by Crippen LogP contribution is 2.18. The largest absolute Gasteiger partial charge is 0.484 e. The highest BCUT2D eigenvalue weighted by atomic mass is 32.2. The number of carbonyl (C=O) groups excluding carboxylic acids is 1. The average molecular weight is 416 g/mol. The van der Waals surface area contributed by atoms with Crippen LogP contribution in [0.5, 0.6) is 5.75 Å². The van der Waals surface area contributed by atoms with Crippen LogP contribution < -0.4 is 14.8 Å². The Kier molecular flexibility index (Phi) is 7.41. The number of amides is 1. The number of alkyl halides is 3. The van der Waals surface area contributed by atoms with Crippen LogP contribution in [-0.2, 0) is 21.4 Å². The first-order chi connectivity index (χ1) is 13.2. The summed E-state index contributed by atoms with van der Waals surface area (Å²) in [6, 6.07) is 13.6. The molecule has 0 bridgehead atoms. The molecule has 0 aliphatic rings. The van der Waals surface area contributed by atoms with E-state index in [9.17, 15) is 26.4 Å². The van der Waals surface area contributed by atoms with Crippen LogP contribution in [0.3, 0.4) is 0 Å². The van der Waals surface area contributed by atoms with Gasteiger partial charge in [-0.15, -0.1) is 0 Å². The summed E-state index contributed by atoms with van der Waals surface area (Å²) in [5.74, 6) is -0.295. The summed E-state index contributed by atoms with van der Waals surface area (Å²) in [6.45, 7) is -1.28. The van der Waals surface area contributed by atoms with Crippen molar-refractivity contribution in [2.75, 3.05) is 13.2 Å². The van der Waals surface area contributed by atoms with E-state index in [1.807, 2.05) is 0 Å². The molecule has 0 unspecified atom stereocenters. The minimum absolute atomic E-state index is 0.0567. The lowest BCUT2D eigenvalue weighted by molar-refractivity contribution is -0.153. The SMILES string of the molecule is O=C(CCNS(=O)(=O)c1ccccc1)NCc1ccc(OCC(F)(F)F)cc1. The van der Waals surface area contributed by atoms with Gasteiger partial charge < -0.3 is 10.1 Å². The van der Waals surface area contributed by atoms with Crippen molar-refractivity contribution >= 4 is 15.9 Å². The zero-order chi connectivity index (χ0) is 20.6. The van der Waals surface area contributed by atoms with Gasteiger partial charge in [0, 0.05) is 19.5 Å². The van der Waals surface area contributed by atoms with Gasteiger partial charge in [0.05, 0.1) is 4.90 Å². The molecule has 10 heteroatoms. The van der Waals surface area contributed by atoms with Crippen LogP contribution >= 0.6 is 0 Å². The van der Waals surface area contributed by atoms with E-state index in [1.54, 1.807) is 18.2 Å². The van der Waals surface area contributed by atoms with Gasteiger partial charge in [-0.1, -0.05) is 30.3 Å². The molecule has 0 radical (unpaired) electrons. The first-order valence-electron chi connectivity index (χ1n) is 8.26. The summed E-state index contributed by atoms with van der Waals surface area (Å²) in [4.78, 5) is 11.9. The van der Waals surface area contributed by atoms with Crippen LogP contribution in [0.25, 0.3) is 0 Å². The normalized spacial score (nSPS) is 11.8. The van der Waals surface area contributed by atoms with E-state index in [-0.39, 0.29) is 36.1 Å². The molecule has 28 heavy (non-hydrogen) atoms. The molecular weight excluding hydrogens is 397 g/mol. The Labute approximate surface area is 160 Å². The molecule has 0 saturated carbocycles. The van der Waals surface area contributed by atoms with Crippen molar-refractivity contribution in [3.63, 3.8) is 0 Å². The van der Waals surface area contributed by atoms with Crippen molar-refractivity contribution in [1.82, 2.24) is 10.0 Å². The number of sulfonamides is 1. The molecule has 0 aliphatic carbocycles. The minimum atomic E-state index is -4.41. The number of rotatable bonds is 9. The van der Waals surface area contributed by atoms with Gasteiger partial charge in [-0.05, 0) is 29.8 Å². The van der Waals surface area contributed by atoms with Gasteiger partial charge in [0.2, 0.25) is 15.9 Å². The summed E-state index contributed by atoms with van der Waals surface area (Å²) < 4.78 is 67.2. The van der Waals surface area contributed by atoms with E-state index >= 15 is 0 Å². The van der Waals surface area contributed by atoms with E-state index in [0.29, 0.717) is 5.56 Å². The predicted octanol–water partition coefficient (Wildman–Crippen LogP) is 2.61. The fraction of sp³-hybridized carbons (Fsp3) is 0.278. The van der Waals surface area contributed by atoms with Crippen LogP contribution in [0.1, 0.15) is 12.0 Å². The fourth-order valence-electron chi connectivity index (χ4n) is 2.14. The zero-order valence-corrected chi connectivity index (χ0v) is 15.5. The molecule has 0 atom stereocenters. The lowest BCUT2D eigenvalue weighted by Gasteiger charge is -2.10. The quantitative estimate of drug-likeness (QED) is 0.658. The van der Waals surface area contributed by atoms with E-state index in [4.69, 9.17) is 0 Å². The molecule has 0 heterocycles. The second-order valence-electron chi connectivity index (χ2n) is 5.79. The van der Waals surface area contributed by atoms with Crippen molar-refractivity contribution < 1.29 is 31.1 Å². The highest BCUT2D eigenvalue weighted by molar-refractivity contribution is 7.89. The summed E-state index contributed by atoms with van der Waals surface area (Å²) >= 11 is 0. The third-order valence-corrected chi connectivity index (χ3v) is 4.99. The van der Waals surface area contributed by atoms with Gasteiger partial charge in [0.15, 0.2) is 6.61 Å². The van der Waals surface area contributed by atoms with Gasteiger partial charge in [-0.2, -0.15) is 13.2 Å². The summed E-state index contributed by atoms with van der Waals surface area (Å²) in [7, 11) is -3.67. The third kappa shape index (κ3) is 7.57. The molecule has 0 saturated heterocycles. The van der Waals surface area contributed by atoms with E-state index in [0.717, 1.165) is 0 Å². The van der Waals surface area contributed by atoms with E-state index in [1.165, 1.54) is 36.4 Å². The second kappa shape index (κ2) is 9.56. The molecule has 2 N–H and O–H groups in total. The summed E-state index contributed by atoms with van der Waals surface area (Å²) in [6.07, 6.45) is -4.46. The third-order valence-electron chi connectivity index (χ3n) is 3.51. The van der Waals surface area contributed by atoms with Gasteiger partial charge in [-0.3, -0.25) is 4.79 Å². The topological polar surface area (TPSA) is 84.5 Å². The van der Waals surface area contributed by atoms with E-state index < -0.39 is 22.8 Å². The van der Waals surface area contributed by atoms with Crippen LogP contribution in [0.15, 0.2) is 59.5 Å². The maximum Gasteiger partial charge on any atom is 0.422 e. The number of nitrogens with one attached hydrogen (secondary N) is 2. The Morgan fingerprint density at radius 1 is 1.00 bits per heavy atom. The molecule has 2 aromatic carbocycles. The van der Waals surface area contributed by atoms with Crippen LogP contribution in [0, 0.1) is 0 Å². The van der Waals surface area contributed by atoms with Crippen molar-refractivity contribution in [1.29, 1.82) is 0 Å². The van der Waals surface area contributed by atoms with Gasteiger partial charge >= 0.3 is 6.18 Å². The maximum absolute atomic E-state index is 12.1. The predicted molar refractivity (Wildman–Crippen MR) is 96.1 cm³/mol. The number of hydrogen-bond donors (Lipinski definition) is 2. The van der Waals surface area contributed by atoms with Crippen molar-refractivity contribution in [3.05, 3.63) is 60.2 Å². The Bertz CT molecular complexity index is 870. The monoisotopic (exact) mass is 416 g/mol. The minimum Gasteiger partial charge on any atom is -0.484 e. The second-order valence-corrected chi connectivity index (χ2v) is 7.55. The van der Waals surface area contributed by atoms with Crippen molar-refractivity contribution in [2.24, 2.45) is 0 Å². The number of carbonyl (C=O) groups is 1. The standard InChI is InChI=1S/C18H19F3N2O4S/c19-18(20,21)13-27-15-8-6-14(7-9-15)12-22-17(24)10-11-23-28(25,26)16-4-2-1-3-5-16/h1-9,23H,10-13H2,(H,22,24). The Balaban J connectivity index is 1.72. The number of halogens is 3. The smallest absolute Gasteiger partial charge is 0.422 e. The maximum atomic E-state index is 12.1. The molecule has 0 fully saturated rings. The lowest BCUT2D eigenvalue weighted by Crippen LogP contribution is -2.30. The lowest BCUT2D eigenvalue weighted by atomic mass is 10.2. The Hall–Kier alpha value is -2.59. The number of benzene rings is 2. The van der Waals surface area contributed by atoms with Crippen LogP contribution in [0.2, 0.25) is 0 Å². The molecule has 0 spiro atoms. The molecule has 0 aliphatic heterocycles. The van der Waals surface area contributed by atoms with Crippen molar-refractivity contribution in [3.8, 4) is 5.75 Å². The first kappa shape index (κ1) is 21.7.